The second-order valence-corrected chi connectivity index (χ2v) is 7.37. The topological polar surface area (TPSA) is 92.4 Å². The number of aromatic nitrogens is 3. The molecule has 0 unspecified atom stereocenters. The first-order valence-electron chi connectivity index (χ1n) is 10.0. The molecule has 2 aromatic carbocycles. The van der Waals surface area contributed by atoms with Gasteiger partial charge in [0, 0.05) is 19.3 Å². The van der Waals surface area contributed by atoms with Crippen LogP contribution in [-0.4, -0.2) is 27.2 Å². The second kappa shape index (κ2) is 9.07. The van der Waals surface area contributed by atoms with Gasteiger partial charge in [-0.15, -0.1) is 0 Å². The van der Waals surface area contributed by atoms with Gasteiger partial charge in [0.05, 0.1) is 30.1 Å². The molecule has 0 aliphatic carbocycles. The smallest absolute Gasteiger partial charge is 0.338 e. The van der Waals surface area contributed by atoms with Gasteiger partial charge in [-0.05, 0) is 47.5 Å². The molecular formula is C24H20FN3O5. The first-order chi connectivity index (χ1) is 15.9. The Morgan fingerprint density at radius 1 is 1.03 bits per heavy atom. The molecule has 8 nitrogen and oxygen atoms in total. The lowest BCUT2D eigenvalue weighted by Crippen LogP contribution is -2.39. The summed E-state index contributed by atoms with van der Waals surface area (Å²) < 4.78 is 26.0. The first kappa shape index (κ1) is 21.9. The number of esters is 1. The fourth-order valence-corrected chi connectivity index (χ4v) is 3.44. The number of methoxy groups -OCH3 is 1. The van der Waals surface area contributed by atoms with E-state index in [1.807, 2.05) is 0 Å². The van der Waals surface area contributed by atoms with E-state index < -0.39 is 23.0 Å². The average Bonchev–Trinajstić information content (AvgIpc) is 2.84. The zero-order valence-electron chi connectivity index (χ0n) is 17.9. The number of hydrogen-bond acceptors (Lipinski definition) is 6. The Kier molecular flexibility index (Phi) is 6.03. The van der Waals surface area contributed by atoms with Crippen molar-refractivity contribution >= 4 is 16.9 Å². The van der Waals surface area contributed by atoms with Gasteiger partial charge < -0.3 is 9.47 Å². The summed E-state index contributed by atoms with van der Waals surface area (Å²) in [6, 6.07) is 13.3. The predicted molar refractivity (Wildman–Crippen MR) is 119 cm³/mol. The molecule has 0 saturated carbocycles. The van der Waals surface area contributed by atoms with Crippen molar-refractivity contribution in [2.45, 2.75) is 13.2 Å². The fourth-order valence-electron chi connectivity index (χ4n) is 3.44. The highest BCUT2D eigenvalue weighted by molar-refractivity contribution is 5.94. The van der Waals surface area contributed by atoms with Crippen molar-refractivity contribution in [2.24, 2.45) is 7.05 Å². The van der Waals surface area contributed by atoms with Crippen LogP contribution in [0, 0.1) is 5.82 Å². The summed E-state index contributed by atoms with van der Waals surface area (Å²) in [6.45, 7) is -0.0297. The molecule has 168 valence electrons. The van der Waals surface area contributed by atoms with Gasteiger partial charge in [0.15, 0.2) is 0 Å². The minimum absolute atomic E-state index is 0.00216. The highest BCUT2D eigenvalue weighted by Gasteiger charge is 2.15. The summed E-state index contributed by atoms with van der Waals surface area (Å²) in [5, 5.41) is 0.194. The Labute approximate surface area is 187 Å². The Bertz CT molecular complexity index is 1460. The monoisotopic (exact) mass is 449 g/mol. The van der Waals surface area contributed by atoms with Crippen molar-refractivity contribution in [3.05, 3.63) is 104 Å². The van der Waals surface area contributed by atoms with Crippen LogP contribution < -0.4 is 16.0 Å². The van der Waals surface area contributed by atoms with E-state index in [1.54, 1.807) is 25.4 Å². The lowest BCUT2D eigenvalue weighted by Gasteiger charge is -2.12. The van der Waals surface area contributed by atoms with E-state index in [-0.39, 0.29) is 24.1 Å². The highest BCUT2D eigenvalue weighted by Crippen LogP contribution is 2.15. The van der Waals surface area contributed by atoms with Gasteiger partial charge in [-0.1, -0.05) is 12.1 Å². The molecule has 0 aliphatic heterocycles. The van der Waals surface area contributed by atoms with Crippen LogP contribution >= 0.6 is 0 Å². The number of nitrogens with zero attached hydrogens (tertiary/aromatic N) is 3. The zero-order chi connectivity index (χ0) is 23.5. The van der Waals surface area contributed by atoms with Crippen molar-refractivity contribution in [1.82, 2.24) is 14.1 Å². The maximum atomic E-state index is 13.2. The van der Waals surface area contributed by atoms with Gasteiger partial charge >= 0.3 is 11.7 Å². The summed E-state index contributed by atoms with van der Waals surface area (Å²) in [4.78, 5) is 42.5. The molecule has 4 rings (SSSR count). The van der Waals surface area contributed by atoms with Gasteiger partial charge in [-0.3, -0.25) is 13.9 Å². The number of benzene rings is 2. The van der Waals surface area contributed by atoms with Gasteiger partial charge in [0.1, 0.15) is 12.4 Å². The summed E-state index contributed by atoms with van der Waals surface area (Å²) in [5.74, 6) is -0.631. The maximum Gasteiger partial charge on any atom is 0.338 e. The molecule has 0 radical (unpaired) electrons. The molecule has 0 amide bonds. The van der Waals surface area contributed by atoms with Crippen molar-refractivity contribution in [1.29, 1.82) is 0 Å². The molecular weight excluding hydrogens is 429 g/mol. The second-order valence-electron chi connectivity index (χ2n) is 7.37. The van der Waals surface area contributed by atoms with Crippen molar-refractivity contribution in [3.63, 3.8) is 0 Å². The third kappa shape index (κ3) is 4.52. The molecule has 0 bridgehead atoms. The van der Waals surface area contributed by atoms with Gasteiger partial charge in [-0.25, -0.2) is 19.0 Å². The third-order valence-corrected chi connectivity index (χ3v) is 5.22. The SMILES string of the molecule is COc1cc(COC(=O)c2ccc3c(c2)c(=O)n(Cc2ccc(F)cc2)c(=O)n3C)ccn1. The lowest BCUT2D eigenvalue weighted by atomic mass is 10.1. The lowest BCUT2D eigenvalue weighted by molar-refractivity contribution is 0.0472. The number of pyridine rings is 1. The summed E-state index contributed by atoms with van der Waals surface area (Å²) in [7, 11) is 3.03. The number of carbonyl (C=O) groups excluding carboxylic acids is 1. The van der Waals surface area contributed by atoms with Crippen molar-refractivity contribution < 1.29 is 18.7 Å². The van der Waals surface area contributed by atoms with Crippen LogP contribution in [0.3, 0.4) is 0 Å². The molecule has 0 spiro atoms. The largest absolute Gasteiger partial charge is 0.481 e. The van der Waals surface area contributed by atoms with Gasteiger partial charge in [-0.2, -0.15) is 0 Å². The predicted octanol–water partition coefficient (Wildman–Crippen LogP) is 2.65. The van der Waals surface area contributed by atoms with Crippen LogP contribution in [0.25, 0.3) is 10.9 Å². The summed E-state index contributed by atoms with van der Waals surface area (Å²) >= 11 is 0. The van der Waals surface area contributed by atoms with Crippen molar-refractivity contribution in [3.8, 4) is 5.88 Å². The minimum atomic E-state index is -0.619. The van der Waals surface area contributed by atoms with E-state index in [9.17, 15) is 18.8 Å². The van der Waals surface area contributed by atoms with Crippen LogP contribution in [0.2, 0.25) is 0 Å². The zero-order valence-corrected chi connectivity index (χ0v) is 17.9. The molecule has 0 saturated heterocycles. The Hall–Kier alpha value is -4.27. The molecule has 0 atom stereocenters. The molecule has 33 heavy (non-hydrogen) atoms. The molecule has 0 aliphatic rings. The first-order valence-corrected chi connectivity index (χ1v) is 10.0. The number of hydrogen-bond donors (Lipinski definition) is 0. The van der Waals surface area contributed by atoms with E-state index in [2.05, 4.69) is 4.98 Å². The summed E-state index contributed by atoms with van der Waals surface area (Å²) in [6.07, 6.45) is 1.54. The Morgan fingerprint density at radius 2 is 1.79 bits per heavy atom. The maximum absolute atomic E-state index is 13.2. The molecule has 2 heterocycles. The van der Waals surface area contributed by atoms with Crippen LogP contribution in [0.15, 0.2) is 70.4 Å². The van der Waals surface area contributed by atoms with E-state index in [4.69, 9.17) is 9.47 Å². The minimum Gasteiger partial charge on any atom is -0.481 e. The Morgan fingerprint density at radius 3 is 2.52 bits per heavy atom. The van der Waals surface area contributed by atoms with E-state index in [0.29, 0.717) is 22.5 Å². The molecule has 4 aromatic rings. The van der Waals surface area contributed by atoms with E-state index >= 15 is 0 Å². The van der Waals surface area contributed by atoms with Crippen LogP contribution in [0.5, 0.6) is 5.88 Å². The summed E-state index contributed by atoms with van der Waals surface area (Å²) in [5.41, 5.74) is 0.784. The molecule has 0 fully saturated rings. The normalized spacial score (nSPS) is 10.9. The number of ether oxygens (including phenoxy) is 2. The number of halogens is 1. The standard InChI is InChI=1S/C24H20FN3O5/c1-27-20-8-5-17(23(30)33-14-16-9-10-26-21(11-16)32-2)12-19(20)22(29)28(24(27)31)13-15-3-6-18(25)7-4-15/h3-12H,13-14H2,1-2H3. The van der Waals surface area contributed by atoms with E-state index in [1.165, 1.54) is 54.1 Å². The van der Waals surface area contributed by atoms with Crippen LogP contribution in [-0.2, 0) is 24.9 Å². The third-order valence-electron chi connectivity index (χ3n) is 5.22. The number of rotatable bonds is 6. The fraction of sp³-hybridized carbons (Fsp3) is 0.167. The number of aryl methyl sites for hydroxylation is 1. The molecule has 9 heteroatoms. The molecule has 2 aromatic heterocycles. The Balaban J connectivity index is 1.65. The quantitative estimate of drug-likeness (QED) is 0.420. The van der Waals surface area contributed by atoms with Gasteiger partial charge in [0.2, 0.25) is 5.88 Å². The van der Waals surface area contributed by atoms with Crippen LogP contribution in [0.1, 0.15) is 21.5 Å². The highest BCUT2D eigenvalue weighted by atomic mass is 19.1. The van der Waals surface area contributed by atoms with Gasteiger partial charge in [0.25, 0.3) is 5.56 Å². The number of carbonyl (C=O) groups is 1. The van der Waals surface area contributed by atoms with Crippen LogP contribution in [0.4, 0.5) is 4.39 Å². The molecule has 0 N–H and O–H groups in total. The number of fused-ring (bicyclic) bond motifs is 1. The van der Waals surface area contributed by atoms with E-state index in [0.717, 1.165) is 4.57 Å². The average molecular weight is 449 g/mol. The van der Waals surface area contributed by atoms with Crippen molar-refractivity contribution in [2.75, 3.05) is 7.11 Å².